The number of nitrogens with zero attached hydrogens (tertiary/aromatic N) is 2. The zero-order chi connectivity index (χ0) is 14.6. The molecule has 0 aliphatic heterocycles. The highest BCUT2D eigenvalue weighted by Crippen LogP contribution is 2.18. The van der Waals surface area contributed by atoms with E-state index in [1.165, 1.54) is 17.5 Å². The second-order valence-electron chi connectivity index (χ2n) is 4.14. The Balaban J connectivity index is 1.95. The second kappa shape index (κ2) is 5.93. The summed E-state index contributed by atoms with van der Waals surface area (Å²) in [6.45, 7) is 0.458. The van der Waals surface area contributed by atoms with Crippen LogP contribution in [0.5, 0.6) is 5.75 Å². The van der Waals surface area contributed by atoms with Gasteiger partial charge in [-0.05, 0) is 12.1 Å². The lowest BCUT2D eigenvalue weighted by Crippen LogP contribution is -2.31. The molecule has 7 nitrogen and oxygen atoms in total. The first-order valence-electron chi connectivity index (χ1n) is 5.95. The van der Waals surface area contributed by atoms with Crippen LogP contribution in [0.15, 0.2) is 41.4 Å². The first-order chi connectivity index (χ1) is 9.51. The summed E-state index contributed by atoms with van der Waals surface area (Å²) in [5, 5.41) is 6.01. The van der Waals surface area contributed by atoms with Crippen molar-refractivity contribution in [2.45, 2.75) is 4.90 Å². The molecule has 0 saturated heterocycles. The van der Waals surface area contributed by atoms with Gasteiger partial charge < -0.3 is 10.5 Å². The molecule has 0 saturated carbocycles. The Morgan fingerprint density at radius 2 is 2.05 bits per heavy atom. The number of aromatic amines is 1. The fourth-order valence-electron chi connectivity index (χ4n) is 1.59. The lowest BCUT2D eigenvalue weighted by molar-refractivity contribution is 0.287. The predicted octanol–water partition coefficient (Wildman–Crippen LogP) is 0.691. The molecule has 1 heterocycles. The molecule has 8 heteroatoms. The Morgan fingerprint density at radius 1 is 1.35 bits per heavy atom. The number of H-pyrrole nitrogens is 1. The monoisotopic (exact) mass is 296 g/mol. The molecule has 2 rings (SSSR count). The first kappa shape index (κ1) is 14.4. The molecular formula is C12H16N4O3S. The number of ether oxygens (including phenoxy) is 1. The van der Waals surface area contributed by atoms with E-state index < -0.39 is 10.0 Å². The quantitative estimate of drug-likeness (QED) is 0.816. The highest BCUT2D eigenvalue weighted by molar-refractivity contribution is 7.89. The molecule has 0 aliphatic carbocycles. The van der Waals surface area contributed by atoms with E-state index in [1.54, 1.807) is 0 Å². The summed E-state index contributed by atoms with van der Waals surface area (Å²) in [7, 11) is -2.18. The fourth-order valence-corrected chi connectivity index (χ4v) is 2.75. The van der Waals surface area contributed by atoms with Gasteiger partial charge in [-0.25, -0.2) is 8.42 Å². The first-order valence-corrected chi connectivity index (χ1v) is 7.39. The maximum atomic E-state index is 12.2. The number of benzene rings is 1. The van der Waals surface area contributed by atoms with Crippen LogP contribution in [-0.4, -0.2) is 43.1 Å². The van der Waals surface area contributed by atoms with Crippen molar-refractivity contribution in [3.8, 4) is 5.75 Å². The normalized spacial score (nSPS) is 11.7. The van der Waals surface area contributed by atoms with Crippen molar-refractivity contribution in [2.75, 3.05) is 25.9 Å². The van der Waals surface area contributed by atoms with Gasteiger partial charge in [0, 0.05) is 13.6 Å². The van der Waals surface area contributed by atoms with Crippen LogP contribution in [0.3, 0.4) is 0 Å². The molecule has 3 N–H and O–H groups in total. The molecule has 2 aromatic rings. The number of rotatable bonds is 6. The smallest absolute Gasteiger partial charge is 0.248 e. The summed E-state index contributed by atoms with van der Waals surface area (Å²) in [4.78, 5) is -0.0280. The number of nitrogens with two attached hydrogens (primary N) is 1. The van der Waals surface area contributed by atoms with Gasteiger partial charge in [-0.2, -0.15) is 9.40 Å². The van der Waals surface area contributed by atoms with Crippen molar-refractivity contribution in [1.29, 1.82) is 0 Å². The minimum atomic E-state index is -3.65. The van der Waals surface area contributed by atoms with E-state index in [-0.39, 0.29) is 23.9 Å². The van der Waals surface area contributed by atoms with Crippen LogP contribution in [0.2, 0.25) is 0 Å². The second-order valence-corrected chi connectivity index (χ2v) is 6.15. The third-order valence-electron chi connectivity index (χ3n) is 2.74. The summed E-state index contributed by atoms with van der Waals surface area (Å²) in [6, 6.07) is 9.19. The number of nitrogen functional groups attached to an aromatic ring is 1. The van der Waals surface area contributed by atoms with E-state index in [9.17, 15) is 8.42 Å². The number of hydrogen-bond donors (Lipinski definition) is 2. The van der Waals surface area contributed by atoms with Gasteiger partial charge in [-0.15, -0.1) is 0 Å². The van der Waals surface area contributed by atoms with Crippen LogP contribution in [-0.2, 0) is 10.0 Å². The van der Waals surface area contributed by atoms with E-state index >= 15 is 0 Å². The Bertz CT molecular complexity index is 654. The molecular weight excluding hydrogens is 280 g/mol. The molecule has 0 fully saturated rings. The maximum Gasteiger partial charge on any atom is 0.248 e. The number of sulfonamides is 1. The summed E-state index contributed by atoms with van der Waals surface area (Å²) >= 11 is 0. The standard InChI is InChI=1S/C12H16N4O3S/c1-16(7-8-19-10-5-3-2-4-6-10)20(17,18)11-9-14-15-12(11)13/h2-6,9H,7-8H2,1H3,(H3,13,14,15). The van der Waals surface area contributed by atoms with Crippen molar-refractivity contribution >= 4 is 15.8 Å². The molecule has 0 aliphatic rings. The van der Waals surface area contributed by atoms with Gasteiger partial charge >= 0.3 is 0 Å². The number of likely N-dealkylation sites (N-methyl/N-ethyl adjacent to an activating group) is 1. The molecule has 0 radical (unpaired) electrons. The lowest BCUT2D eigenvalue weighted by atomic mass is 10.3. The number of para-hydroxylation sites is 1. The van der Waals surface area contributed by atoms with Crippen LogP contribution in [0.4, 0.5) is 5.82 Å². The number of aromatic nitrogens is 2. The molecule has 0 atom stereocenters. The highest BCUT2D eigenvalue weighted by atomic mass is 32.2. The van der Waals surface area contributed by atoms with Gasteiger partial charge in [0.05, 0.1) is 6.20 Å². The number of hydrogen-bond acceptors (Lipinski definition) is 5. The zero-order valence-electron chi connectivity index (χ0n) is 11.0. The fraction of sp³-hybridized carbons (Fsp3) is 0.250. The molecule has 0 spiro atoms. The Kier molecular flexibility index (Phi) is 4.26. The molecule has 0 amide bonds. The Labute approximate surface area is 117 Å². The van der Waals surface area contributed by atoms with Gasteiger partial charge in [0.1, 0.15) is 23.1 Å². The SMILES string of the molecule is CN(CCOc1ccccc1)S(=O)(=O)c1cn[nH]c1N. The average molecular weight is 296 g/mol. The van der Waals surface area contributed by atoms with E-state index in [1.807, 2.05) is 30.3 Å². The van der Waals surface area contributed by atoms with Crippen LogP contribution in [0.25, 0.3) is 0 Å². The molecule has 1 aromatic heterocycles. The Hall–Kier alpha value is -2.06. The van der Waals surface area contributed by atoms with Crippen LogP contribution in [0, 0.1) is 0 Å². The van der Waals surface area contributed by atoms with Gasteiger partial charge in [-0.1, -0.05) is 18.2 Å². The third-order valence-corrected chi connectivity index (χ3v) is 4.62. The third kappa shape index (κ3) is 3.09. The summed E-state index contributed by atoms with van der Waals surface area (Å²) in [5.41, 5.74) is 5.53. The van der Waals surface area contributed by atoms with Gasteiger partial charge in [0.15, 0.2) is 0 Å². The molecule has 0 bridgehead atoms. The highest BCUT2D eigenvalue weighted by Gasteiger charge is 2.24. The van der Waals surface area contributed by atoms with Crippen molar-refractivity contribution in [3.05, 3.63) is 36.5 Å². The Morgan fingerprint density at radius 3 is 2.65 bits per heavy atom. The summed E-state index contributed by atoms with van der Waals surface area (Å²) < 4.78 is 31.0. The number of nitrogens with one attached hydrogen (secondary N) is 1. The molecule has 20 heavy (non-hydrogen) atoms. The zero-order valence-corrected chi connectivity index (χ0v) is 11.8. The van der Waals surface area contributed by atoms with Crippen LogP contribution < -0.4 is 10.5 Å². The minimum Gasteiger partial charge on any atom is -0.492 e. The number of anilines is 1. The summed E-state index contributed by atoms with van der Waals surface area (Å²) in [6.07, 6.45) is 1.19. The van der Waals surface area contributed by atoms with Gasteiger partial charge in [-0.3, -0.25) is 5.10 Å². The van der Waals surface area contributed by atoms with Crippen LogP contribution in [0.1, 0.15) is 0 Å². The van der Waals surface area contributed by atoms with E-state index in [0.29, 0.717) is 5.75 Å². The largest absolute Gasteiger partial charge is 0.492 e. The van der Waals surface area contributed by atoms with Crippen LogP contribution >= 0.6 is 0 Å². The van der Waals surface area contributed by atoms with E-state index in [0.717, 1.165) is 0 Å². The average Bonchev–Trinajstić information content (AvgIpc) is 2.87. The minimum absolute atomic E-state index is 0.0280. The summed E-state index contributed by atoms with van der Waals surface area (Å²) in [5.74, 6) is 0.724. The van der Waals surface area contributed by atoms with Gasteiger partial charge in [0.25, 0.3) is 0 Å². The topological polar surface area (TPSA) is 101 Å². The van der Waals surface area contributed by atoms with Crippen molar-refractivity contribution in [1.82, 2.24) is 14.5 Å². The molecule has 0 unspecified atom stereocenters. The molecule has 108 valence electrons. The van der Waals surface area contributed by atoms with Crippen molar-refractivity contribution < 1.29 is 13.2 Å². The predicted molar refractivity (Wildman–Crippen MR) is 74.8 cm³/mol. The van der Waals surface area contributed by atoms with E-state index in [2.05, 4.69) is 10.2 Å². The van der Waals surface area contributed by atoms with Gasteiger partial charge in [0.2, 0.25) is 10.0 Å². The van der Waals surface area contributed by atoms with Crippen molar-refractivity contribution in [3.63, 3.8) is 0 Å². The van der Waals surface area contributed by atoms with Crippen molar-refractivity contribution in [2.24, 2.45) is 0 Å². The lowest BCUT2D eigenvalue weighted by Gasteiger charge is -2.16. The maximum absolute atomic E-state index is 12.2. The van der Waals surface area contributed by atoms with E-state index in [4.69, 9.17) is 10.5 Å². The molecule has 1 aromatic carbocycles.